The van der Waals surface area contributed by atoms with Gasteiger partial charge < -0.3 is 24.5 Å². The van der Waals surface area contributed by atoms with Crippen LogP contribution in [0.15, 0.2) is 18.2 Å². The van der Waals surface area contributed by atoms with Crippen LogP contribution in [0.5, 0.6) is 0 Å². The molecule has 1 aliphatic carbocycles. The number of fused-ring (bicyclic) bond motifs is 8. The van der Waals surface area contributed by atoms with E-state index in [0.717, 1.165) is 67.5 Å². The van der Waals surface area contributed by atoms with Crippen molar-refractivity contribution < 1.29 is 29.4 Å². The Kier molecular flexibility index (Phi) is 7.99. The van der Waals surface area contributed by atoms with Crippen molar-refractivity contribution in [1.29, 1.82) is 0 Å². The van der Waals surface area contributed by atoms with E-state index in [9.17, 15) is 19.9 Å². The van der Waals surface area contributed by atoms with Crippen LogP contribution in [0.3, 0.4) is 0 Å². The van der Waals surface area contributed by atoms with Crippen molar-refractivity contribution in [2.75, 3.05) is 14.2 Å². The number of hydrogen-bond donors (Lipinski definition) is 5. The molecule has 0 aromatic carbocycles. The number of aromatic nitrogens is 4. The molecule has 6 rings (SSSR count). The number of aryl methyl sites for hydroxylation is 2. The molecular weight excluding hydrogens is 598 g/mol. The molecule has 246 valence electrons. The van der Waals surface area contributed by atoms with Gasteiger partial charge in [-0.15, -0.1) is 0 Å². The monoisotopic (exact) mass is 639 g/mol. The standard InChI is InChI=1S/C36H41N5O6/c1-9-20-16(2)24-13-28-22(15-37-45)18(4)23(39-28)12-25-17(3)21(10-11-29(42)46-7)32(40-25)31-33-30(34(43)36(31,6)35(44)47-8)19(5)26(41-33)14-27(20)38-24/h12-15,17,21,37,39,41,43,45H,9-11H2,1-8H3. The van der Waals surface area contributed by atoms with E-state index in [4.69, 9.17) is 19.4 Å². The van der Waals surface area contributed by atoms with Crippen molar-refractivity contribution >= 4 is 57.1 Å². The summed E-state index contributed by atoms with van der Waals surface area (Å²) in [6.45, 7) is 11.7. The van der Waals surface area contributed by atoms with E-state index >= 15 is 0 Å². The molecule has 0 saturated carbocycles. The molecule has 0 saturated heterocycles. The van der Waals surface area contributed by atoms with E-state index in [-0.39, 0.29) is 30.0 Å². The molecule has 3 aliphatic rings. The van der Waals surface area contributed by atoms with Gasteiger partial charge in [0.05, 0.1) is 36.8 Å². The van der Waals surface area contributed by atoms with E-state index in [1.807, 2.05) is 39.0 Å². The average molecular weight is 640 g/mol. The van der Waals surface area contributed by atoms with Gasteiger partial charge in [0.1, 0.15) is 5.76 Å². The lowest BCUT2D eigenvalue weighted by Crippen LogP contribution is -2.35. The highest BCUT2D eigenvalue weighted by atomic mass is 16.5. The van der Waals surface area contributed by atoms with Gasteiger partial charge in [-0.2, -0.15) is 0 Å². The molecular formula is C36H41N5O6. The van der Waals surface area contributed by atoms with Crippen molar-refractivity contribution in [3.05, 3.63) is 68.1 Å². The average Bonchev–Trinajstić information content (AvgIpc) is 3.77. The van der Waals surface area contributed by atoms with Crippen molar-refractivity contribution in [3.63, 3.8) is 0 Å². The van der Waals surface area contributed by atoms with Gasteiger partial charge in [-0.05, 0) is 81.0 Å². The molecule has 0 spiro atoms. The fraction of sp³-hybridized carbons (Fsp3) is 0.389. The van der Waals surface area contributed by atoms with E-state index < -0.39 is 11.4 Å². The molecule has 5 heterocycles. The zero-order valence-electron chi connectivity index (χ0n) is 28.0. The van der Waals surface area contributed by atoms with Crippen LogP contribution in [-0.2, 0) is 24.5 Å². The number of carbonyl (C=O) groups is 2. The highest BCUT2D eigenvalue weighted by Crippen LogP contribution is 2.48. The molecule has 0 amide bonds. The fourth-order valence-electron chi connectivity index (χ4n) is 7.50. The number of hydrogen-bond acceptors (Lipinski definition) is 9. The SMILES string of the molecule is CCC1=C(C)c2cc3[nH]c(cc4nc(c5c6[nH]c(cc1n2)c(C)c6=C(O)C5(C)C(=O)OC)C(CCC(=O)OC)C4C)c(C)c3=CNO. The lowest BCUT2D eigenvalue weighted by molar-refractivity contribution is -0.145. The molecule has 3 aromatic rings. The second-order valence-electron chi connectivity index (χ2n) is 12.7. The number of aromatic amines is 2. The topological polar surface area (TPSA) is 162 Å². The third kappa shape index (κ3) is 4.74. The summed E-state index contributed by atoms with van der Waals surface area (Å²) in [6.07, 6.45) is 2.85. The number of ether oxygens (including phenoxy) is 2. The number of H-pyrrole nitrogens is 2. The van der Waals surface area contributed by atoms with Crippen LogP contribution in [0.2, 0.25) is 0 Å². The molecule has 2 aliphatic heterocycles. The van der Waals surface area contributed by atoms with Gasteiger partial charge in [0.25, 0.3) is 0 Å². The molecule has 3 aromatic heterocycles. The zero-order chi connectivity index (χ0) is 33.9. The lowest BCUT2D eigenvalue weighted by atomic mass is 9.77. The highest BCUT2D eigenvalue weighted by Gasteiger charge is 2.50. The van der Waals surface area contributed by atoms with Crippen LogP contribution in [0.25, 0.3) is 45.2 Å². The summed E-state index contributed by atoms with van der Waals surface area (Å²) in [5.41, 5.74) is 10.8. The second-order valence-corrected chi connectivity index (χ2v) is 12.7. The number of carbonyl (C=O) groups excluding carboxylic acids is 2. The normalized spacial score (nSPS) is 20.6. The van der Waals surface area contributed by atoms with Crippen LogP contribution < -0.4 is 15.9 Å². The summed E-state index contributed by atoms with van der Waals surface area (Å²) < 4.78 is 10.3. The largest absolute Gasteiger partial charge is 0.510 e. The number of rotatable bonds is 6. The van der Waals surface area contributed by atoms with Gasteiger partial charge in [-0.1, -0.05) is 13.8 Å². The van der Waals surface area contributed by atoms with Crippen LogP contribution in [0.1, 0.15) is 98.3 Å². The Balaban J connectivity index is 1.85. The number of nitrogens with zero attached hydrogens (tertiary/aromatic N) is 2. The maximum absolute atomic E-state index is 13.6. The Morgan fingerprint density at radius 2 is 1.72 bits per heavy atom. The van der Waals surface area contributed by atoms with E-state index in [0.29, 0.717) is 28.4 Å². The van der Waals surface area contributed by atoms with Crippen molar-refractivity contribution in [2.24, 2.45) is 0 Å². The van der Waals surface area contributed by atoms with E-state index in [1.54, 1.807) is 6.92 Å². The van der Waals surface area contributed by atoms with E-state index in [1.165, 1.54) is 20.4 Å². The summed E-state index contributed by atoms with van der Waals surface area (Å²) >= 11 is 0. The lowest BCUT2D eigenvalue weighted by Gasteiger charge is -2.26. The minimum Gasteiger partial charge on any atom is -0.510 e. The highest BCUT2D eigenvalue weighted by molar-refractivity contribution is 6.01. The Morgan fingerprint density at radius 1 is 1.02 bits per heavy atom. The number of nitrogens with one attached hydrogen (secondary N) is 3. The molecule has 3 unspecified atom stereocenters. The van der Waals surface area contributed by atoms with Gasteiger partial charge >= 0.3 is 11.9 Å². The minimum absolute atomic E-state index is 0.110. The maximum atomic E-state index is 13.6. The molecule has 8 bridgehead atoms. The van der Waals surface area contributed by atoms with Crippen LogP contribution >= 0.6 is 0 Å². The van der Waals surface area contributed by atoms with Gasteiger partial charge in [-0.25, -0.2) is 4.98 Å². The Morgan fingerprint density at radius 3 is 2.38 bits per heavy atom. The number of hydroxylamine groups is 1. The predicted molar refractivity (Wildman–Crippen MR) is 180 cm³/mol. The molecule has 11 heteroatoms. The summed E-state index contributed by atoms with van der Waals surface area (Å²) in [5.74, 6) is -1.52. The van der Waals surface area contributed by atoms with Gasteiger partial charge in [-0.3, -0.25) is 25.3 Å². The molecule has 47 heavy (non-hydrogen) atoms. The molecule has 3 atom stereocenters. The summed E-state index contributed by atoms with van der Waals surface area (Å²) in [7, 11) is 2.67. The third-order valence-electron chi connectivity index (χ3n) is 10.3. The third-order valence-corrected chi connectivity index (χ3v) is 10.3. The molecule has 0 fully saturated rings. The van der Waals surface area contributed by atoms with Crippen molar-refractivity contribution in [1.82, 2.24) is 25.4 Å². The van der Waals surface area contributed by atoms with Gasteiger partial charge in [0.2, 0.25) is 0 Å². The smallest absolute Gasteiger partial charge is 0.323 e. The Labute approximate surface area is 272 Å². The van der Waals surface area contributed by atoms with Crippen molar-refractivity contribution in [3.8, 4) is 0 Å². The number of esters is 2. The predicted octanol–water partition coefficient (Wildman–Crippen LogP) is 4.94. The first-order valence-electron chi connectivity index (χ1n) is 15.8. The van der Waals surface area contributed by atoms with Crippen LogP contribution in [0, 0.1) is 13.8 Å². The zero-order valence-corrected chi connectivity index (χ0v) is 28.0. The Hall–Kier alpha value is -4.90. The summed E-state index contributed by atoms with van der Waals surface area (Å²) in [6, 6.07) is 5.94. The Bertz CT molecular complexity index is 2180. The van der Waals surface area contributed by atoms with Crippen LogP contribution in [-0.4, -0.2) is 56.4 Å². The quantitative estimate of drug-likeness (QED) is 0.186. The van der Waals surface area contributed by atoms with Crippen LogP contribution in [0.4, 0.5) is 0 Å². The molecule has 11 nitrogen and oxygen atoms in total. The van der Waals surface area contributed by atoms with E-state index in [2.05, 4.69) is 29.3 Å². The number of aliphatic hydroxyl groups is 1. The number of allylic oxidation sites excluding steroid dienone is 2. The first-order valence-corrected chi connectivity index (χ1v) is 15.8. The summed E-state index contributed by atoms with van der Waals surface area (Å²) in [5, 5.41) is 22.9. The van der Waals surface area contributed by atoms with Gasteiger partial charge in [0, 0.05) is 62.7 Å². The second kappa shape index (κ2) is 11.7. The first kappa shape index (κ1) is 32.1. The maximum Gasteiger partial charge on any atom is 0.323 e. The molecule has 0 radical (unpaired) electrons. The summed E-state index contributed by atoms with van der Waals surface area (Å²) in [4.78, 5) is 43.3. The minimum atomic E-state index is -1.54. The first-order chi connectivity index (χ1) is 22.4. The fourth-order valence-corrected chi connectivity index (χ4v) is 7.50. The number of methoxy groups -OCH3 is 2. The molecule has 5 N–H and O–H groups in total. The van der Waals surface area contributed by atoms with Gasteiger partial charge in [0.15, 0.2) is 5.41 Å². The van der Waals surface area contributed by atoms with Crippen molar-refractivity contribution in [2.45, 2.75) is 78.1 Å². The number of aliphatic hydroxyl groups excluding tert-OH is 1.